The number of hydrogen-bond donors (Lipinski definition) is 0. The lowest BCUT2D eigenvalue weighted by molar-refractivity contribution is -0.274. The minimum absolute atomic E-state index is 0.273. The van der Waals surface area contributed by atoms with Gasteiger partial charge in [0, 0.05) is 0 Å². The molecule has 72 valence electrons. The molecule has 2 nitrogen and oxygen atoms in total. The van der Waals surface area contributed by atoms with Crippen LogP contribution in [0.5, 0.6) is 5.75 Å². The summed E-state index contributed by atoms with van der Waals surface area (Å²) in [5.74, 6) is 0.737. The Morgan fingerprint density at radius 1 is 1.00 bits per heavy atom. The predicted molar refractivity (Wildman–Crippen MR) is 52.6 cm³/mol. The average Bonchev–Trinajstić information content (AvgIpc) is 2.02. The number of rotatable bonds is 2. The first-order chi connectivity index (χ1) is 5.97. The van der Waals surface area contributed by atoms with E-state index in [1.54, 1.807) is 0 Å². The van der Waals surface area contributed by atoms with Gasteiger partial charge in [0.15, 0.2) is 5.75 Å². The number of hydrogen-bond acceptors (Lipinski definition) is 2. The zero-order chi connectivity index (χ0) is 9.90. The van der Waals surface area contributed by atoms with Crippen LogP contribution in [0.4, 0.5) is 0 Å². The van der Waals surface area contributed by atoms with Crippen LogP contribution < -0.4 is 4.89 Å². The zero-order valence-electron chi connectivity index (χ0n) is 8.63. The molecule has 0 N–H and O–H groups in total. The predicted octanol–water partition coefficient (Wildman–Crippen LogP) is 3.10. The van der Waals surface area contributed by atoms with Crippen molar-refractivity contribution in [2.75, 3.05) is 0 Å². The Bertz CT molecular complexity index is 256. The minimum atomic E-state index is -0.273. The summed E-state index contributed by atoms with van der Waals surface area (Å²) in [7, 11) is 0. The summed E-state index contributed by atoms with van der Waals surface area (Å²) in [6.45, 7) is 7.87. The van der Waals surface area contributed by atoms with Gasteiger partial charge in [-0.3, -0.25) is 0 Å². The maximum absolute atomic E-state index is 5.16. The van der Waals surface area contributed by atoms with Crippen LogP contribution in [0.1, 0.15) is 26.3 Å². The third kappa shape index (κ3) is 3.95. The second-order valence-electron chi connectivity index (χ2n) is 4.09. The van der Waals surface area contributed by atoms with Gasteiger partial charge in [-0.1, -0.05) is 17.7 Å². The van der Waals surface area contributed by atoms with Crippen LogP contribution in [0.25, 0.3) is 0 Å². The van der Waals surface area contributed by atoms with Crippen LogP contribution in [0.3, 0.4) is 0 Å². The maximum Gasteiger partial charge on any atom is 0.165 e. The van der Waals surface area contributed by atoms with Gasteiger partial charge in [-0.2, -0.15) is 4.89 Å². The average molecular weight is 180 g/mol. The van der Waals surface area contributed by atoms with Gasteiger partial charge in [0.1, 0.15) is 5.60 Å². The van der Waals surface area contributed by atoms with E-state index in [1.165, 1.54) is 5.56 Å². The Labute approximate surface area is 79.4 Å². The minimum Gasteiger partial charge on any atom is -0.337 e. The Balaban J connectivity index is 2.51. The van der Waals surface area contributed by atoms with Gasteiger partial charge in [0.2, 0.25) is 0 Å². The molecule has 0 fully saturated rings. The van der Waals surface area contributed by atoms with E-state index in [0.29, 0.717) is 0 Å². The standard InChI is InChI=1S/C11H16O2/c1-9-5-7-10(8-6-9)12-13-11(2,3)4/h5-8H,1-4H3. The fraction of sp³-hybridized carbons (Fsp3) is 0.455. The summed E-state index contributed by atoms with van der Waals surface area (Å²) in [5.41, 5.74) is 0.938. The molecular weight excluding hydrogens is 164 g/mol. The third-order valence-corrected chi connectivity index (χ3v) is 1.41. The van der Waals surface area contributed by atoms with Crippen molar-refractivity contribution in [3.05, 3.63) is 29.8 Å². The highest BCUT2D eigenvalue weighted by molar-refractivity contribution is 5.25. The number of aryl methyl sites for hydroxylation is 1. The fourth-order valence-corrected chi connectivity index (χ4v) is 0.767. The van der Waals surface area contributed by atoms with Crippen molar-refractivity contribution < 1.29 is 9.78 Å². The van der Waals surface area contributed by atoms with Crippen LogP contribution in [0.15, 0.2) is 24.3 Å². The molecule has 0 atom stereocenters. The second kappa shape index (κ2) is 3.79. The molecular formula is C11H16O2. The first kappa shape index (κ1) is 10.1. The lowest BCUT2D eigenvalue weighted by atomic mass is 10.2. The monoisotopic (exact) mass is 180 g/mol. The van der Waals surface area contributed by atoms with E-state index in [2.05, 4.69) is 0 Å². The van der Waals surface area contributed by atoms with Crippen molar-refractivity contribution in [3.63, 3.8) is 0 Å². The van der Waals surface area contributed by atoms with E-state index >= 15 is 0 Å². The molecule has 1 aromatic rings. The highest BCUT2D eigenvalue weighted by Gasteiger charge is 2.12. The zero-order valence-corrected chi connectivity index (χ0v) is 8.63. The van der Waals surface area contributed by atoms with Crippen molar-refractivity contribution in [2.45, 2.75) is 33.3 Å². The van der Waals surface area contributed by atoms with Crippen molar-refractivity contribution in [3.8, 4) is 5.75 Å². The highest BCUT2D eigenvalue weighted by Crippen LogP contribution is 2.15. The fourth-order valence-electron chi connectivity index (χ4n) is 0.767. The maximum atomic E-state index is 5.16. The van der Waals surface area contributed by atoms with Crippen molar-refractivity contribution in [2.24, 2.45) is 0 Å². The molecule has 0 amide bonds. The summed E-state index contributed by atoms with van der Waals surface area (Å²) in [6.07, 6.45) is 0. The lowest BCUT2D eigenvalue weighted by Crippen LogP contribution is -2.21. The molecule has 13 heavy (non-hydrogen) atoms. The van der Waals surface area contributed by atoms with E-state index in [4.69, 9.17) is 9.78 Å². The third-order valence-electron chi connectivity index (χ3n) is 1.41. The van der Waals surface area contributed by atoms with E-state index in [1.807, 2.05) is 52.0 Å². The second-order valence-corrected chi connectivity index (χ2v) is 4.09. The molecule has 0 aliphatic rings. The lowest BCUT2D eigenvalue weighted by Gasteiger charge is -2.17. The van der Waals surface area contributed by atoms with Crippen LogP contribution in [-0.2, 0) is 4.89 Å². The molecule has 0 heterocycles. The molecule has 0 unspecified atom stereocenters. The van der Waals surface area contributed by atoms with Crippen LogP contribution in [0, 0.1) is 6.92 Å². The van der Waals surface area contributed by atoms with Gasteiger partial charge >= 0.3 is 0 Å². The van der Waals surface area contributed by atoms with E-state index in [-0.39, 0.29) is 5.60 Å². The Hall–Kier alpha value is -1.02. The van der Waals surface area contributed by atoms with E-state index < -0.39 is 0 Å². The Morgan fingerprint density at radius 3 is 2.00 bits per heavy atom. The van der Waals surface area contributed by atoms with Gasteiger partial charge in [-0.05, 0) is 39.8 Å². The van der Waals surface area contributed by atoms with Crippen molar-refractivity contribution >= 4 is 0 Å². The smallest absolute Gasteiger partial charge is 0.165 e. The number of benzene rings is 1. The Morgan fingerprint density at radius 2 is 1.54 bits per heavy atom. The molecule has 0 saturated carbocycles. The molecule has 1 aromatic carbocycles. The Kier molecular flexibility index (Phi) is 2.94. The molecule has 0 radical (unpaired) electrons. The van der Waals surface area contributed by atoms with Gasteiger partial charge in [-0.15, -0.1) is 0 Å². The summed E-state index contributed by atoms with van der Waals surface area (Å²) in [4.78, 5) is 10.3. The molecule has 0 aliphatic heterocycles. The topological polar surface area (TPSA) is 18.5 Å². The van der Waals surface area contributed by atoms with E-state index in [0.717, 1.165) is 5.75 Å². The molecule has 0 spiro atoms. The van der Waals surface area contributed by atoms with Crippen LogP contribution in [-0.4, -0.2) is 5.60 Å². The summed E-state index contributed by atoms with van der Waals surface area (Å²) in [6, 6.07) is 7.75. The molecule has 1 rings (SSSR count). The summed E-state index contributed by atoms with van der Waals surface area (Å²) >= 11 is 0. The summed E-state index contributed by atoms with van der Waals surface area (Å²) in [5, 5.41) is 0. The van der Waals surface area contributed by atoms with E-state index in [9.17, 15) is 0 Å². The molecule has 0 bridgehead atoms. The first-order valence-corrected chi connectivity index (χ1v) is 4.40. The largest absolute Gasteiger partial charge is 0.337 e. The quantitative estimate of drug-likeness (QED) is 0.514. The first-order valence-electron chi connectivity index (χ1n) is 4.40. The summed E-state index contributed by atoms with van der Waals surface area (Å²) < 4.78 is 0. The molecule has 0 aliphatic carbocycles. The van der Waals surface area contributed by atoms with Gasteiger partial charge in [0.05, 0.1) is 0 Å². The van der Waals surface area contributed by atoms with Crippen LogP contribution >= 0.6 is 0 Å². The van der Waals surface area contributed by atoms with Crippen molar-refractivity contribution in [1.82, 2.24) is 0 Å². The van der Waals surface area contributed by atoms with Crippen molar-refractivity contribution in [1.29, 1.82) is 0 Å². The van der Waals surface area contributed by atoms with Gasteiger partial charge < -0.3 is 4.89 Å². The normalized spacial score (nSPS) is 11.4. The van der Waals surface area contributed by atoms with Crippen LogP contribution in [0.2, 0.25) is 0 Å². The highest BCUT2D eigenvalue weighted by atomic mass is 17.2. The molecule has 0 aromatic heterocycles. The molecule has 2 heteroatoms. The SMILES string of the molecule is Cc1ccc(OOC(C)(C)C)cc1. The molecule has 0 saturated heterocycles. The van der Waals surface area contributed by atoms with Gasteiger partial charge in [0.25, 0.3) is 0 Å². The van der Waals surface area contributed by atoms with Gasteiger partial charge in [-0.25, -0.2) is 0 Å².